The monoisotopic (exact) mass is 473 g/mol. The number of amides is 1. The number of rotatable bonds is 9. The minimum Gasteiger partial charge on any atom is -0.478 e. The molecule has 1 amide bonds. The molecule has 2 aromatic carbocycles. The molecule has 10 heteroatoms. The maximum Gasteiger partial charge on any atom is 0.335 e. The summed E-state index contributed by atoms with van der Waals surface area (Å²) in [6, 6.07) is 13.9. The molecule has 3 aromatic rings. The largest absolute Gasteiger partial charge is 0.478 e. The van der Waals surface area contributed by atoms with Crippen LogP contribution in [0.2, 0.25) is 0 Å². The van der Waals surface area contributed by atoms with Gasteiger partial charge in [-0.15, -0.1) is 0 Å². The second-order valence-corrected chi connectivity index (χ2v) is 10.1. The number of anilines is 2. The van der Waals surface area contributed by atoms with Gasteiger partial charge in [0.15, 0.2) is 9.34 Å². The predicted molar refractivity (Wildman–Crippen MR) is 124 cm³/mol. The van der Waals surface area contributed by atoms with Crippen LogP contribution in [0.1, 0.15) is 40.5 Å². The van der Waals surface area contributed by atoms with Crippen LogP contribution in [0.3, 0.4) is 0 Å². The number of carbonyl (C=O) groups excluding carboxylic acids is 1. The van der Waals surface area contributed by atoms with Gasteiger partial charge in [0, 0.05) is 6.92 Å². The van der Waals surface area contributed by atoms with Crippen molar-refractivity contribution in [2.24, 2.45) is 0 Å². The summed E-state index contributed by atoms with van der Waals surface area (Å²) in [6.07, 6.45) is 1.99. The summed E-state index contributed by atoms with van der Waals surface area (Å²) in [6.45, 7) is 2.91. The molecule has 0 radical (unpaired) electrons. The van der Waals surface area contributed by atoms with Crippen molar-refractivity contribution >= 4 is 44.1 Å². The first kappa shape index (κ1) is 23.4. The number of nitrogens with one attached hydrogen (secondary N) is 2. The Kier molecular flexibility index (Phi) is 7.26. The average Bonchev–Trinajstić information content (AvgIpc) is 3.09. The van der Waals surface area contributed by atoms with Crippen LogP contribution in [0, 0.1) is 6.92 Å². The van der Waals surface area contributed by atoms with Crippen molar-refractivity contribution in [2.45, 2.75) is 37.3 Å². The number of aryl methyl sites for hydroxylation is 3. The number of nitrogens with zero attached hydrogens (tertiary/aromatic N) is 1. The van der Waals surface area contributed by atoms with Gasteiger partial charge in [-0.25, -0.2) is 18.2 Å². The number of sulfonamides is 1. The fraction of sp³-hybridized carbons (Fsp3) is 0.227. The van der Waals surface area contributed by atoms with E-state index in [9.17, 15) is 18.0 Å². The van der Waals surface area contributed by atoms with Crippen molar-refractivity contribution in [2.75, 3.05) is 10.0 Å². The second kappa shape index (κ2) is 9.92. The molecule has 32 heavy (non-hydrogen) atoms. The highest BCUT2D eigenvalue weighted by Gasteiger charge is 2.23. The molecular formula is C22H23N3O5S2. The summed E-state index contributed by atoms with van der Waals surface area (Å²) < 4.78 is 28.6. The molecule has 1 aromatic heterocycles. The maximum absolute atomic E-state index is 13.0. The predicted octanol–water partition coefficient (Wildman–Crippen LogP) is 4.08. The van der Waals surface area contributed by atoms with E-state index in [2.05, 4.69) is 15.0 Å². The number of hydrogen-bond donors (Lipinski definition) is 3. The summed E-state index contributed by atoms with van der Waals surface area (Å²) in [5.74, 6) is -1.29. The van der Waals surface area contributed by atoms with E-state index in [1.54, 1.807) is 37.3 Å². The lowest BCUT2D eigenvalue weighted by Gasteiger charge is -2.12. The molecule has 0 bridgehead atoms. The smallest absolute Gasteiger partial charge is 0.335 e. The number of carboxylic acid groups (broad SMARTS) is 1. The summed E-state index contributed by atoms with van der Waals surface area (Å²) >= 11 is 0.897. The van der Waals surface area contributed by atoms with Crippen molar-refractivity contribution in [1.82, 2.24) is 4.98 Å². The van der Waals surface area contributed by atoms with Crippen molar-refractivity contribution in [3.05, 3.63) is 70.9 Å². The molecular weight excluding hydrogens is 450 g/mol. The van der Waals surface area contributed by atoms with Gasteiger partial charge in [-0.2, -0.15) is 0 Å². The molecule has 0 unspecified atom stereocenters. The lowest BCUT2D eigenvalue weighted by Crippen LogP contribution is -2.14. The van der Waals surface area contributed by atoms with Crippen LogP contribution in [0.4, 0.5) is 10.8 Å². The first-order chi connectivity index (χ1) is 15.2. The van der Waals surface area contributed by atoms with E-state index in [1.165, 1.54) is 6.92 Å². The fourth-order valence-electron chi connectivity index (χ4n) is 3.21. The van der Waals surface area contributed by atoms with E-state index in [-0.39, 0.29) is 20.8 Å². The number of carboxylic acids is 1. The molecule has 0 spiro atoms. The lowest BCUT2D eigenvalue weighted by atomic mass is 10.0. The third-order valence-corrected chi connectivity index (χ3v) is 7.68. The fourth-order valence-corrected chi connectivity index (χ4v) is 5.77. The molecule has 0 saturated heterocycles. The molecule has 8 nitrogen and oxygen atoms in total. The van der Waals surface area contributed by atoms with Crippen molar-refractivity contribution in [3.63, 3.8) is 0 Å². The molecule has 0 fully saturated rings. The Hall–Kier alpha value is -3.24. The molecule has 3 rings (SSSR count). The van der Waals surface area contributed by atoms with Gasteiger partial charge in [0.2, 0.25) is 5.91 Å². The number of thiazole rings is 1. The molecule has 0 aliphatic heterocycles. The van der Waals surface area contributed by atoms with Crippen molar-refractivity contribution in [3.8, 4) is 0 Å². The highest BCUT2D eigenvalue weighted by Crippen LogP contribution is 2.30. The SMILES string of the molecule is CC(=O)Nc1nc(C)c(S(=O)(=O)Nc2ccccc2CCCc2cccc(C(=O)O)c2)s1. The zero-order valence-corrected chi connectivity index (χ0v) is 19.2. The van der Waals surface area contributed by atoms with Gasteiger partial charge in [-0.05, 0) is 55.5 Å². The van der Waals surface area contributed by atoms with Crippen LogP contribution >= 0.6 is 11.3 Å². The first-order valence-electron chi connectivity index (χ1n) is 9.83. The van der Waals surface area contributed by atoms with Crippen LogP contribution in [0.25, 0.3) is 0 Å². The molecule has 0 atom stereocenters. The molecule has 0 aliphatic carbocycles. The molecule has 1 heterocycles. The van der Waals surface area contributed by atoms with E-state index >= 15 is 0 Å². The van der Waals surface area contributed by atoms with Gasteiger partial charge >= 0.3 is 5.97 Å². The summed E-state index contributed by atoms with van der Waals surface area (Å²) in [4.78, 5) is 26.5. The Morgan fingerprint density at radius 2 is 1.84 bits per heavy atom. The van der Waals surface area contributed by atoms with E-state index in [0.29, 0.717) is 30.6 Å². The zero-order chi connectivity index (χ0) is 23.3. The Labute approximate surface area is 190 Å². The Balaban J connectivity index is 1.72. The number of carbonyl (C=O) groups is 2. The van der Waals surface area contributed by atoms with Gasteiger partial charge in [0.05, 0.1) is 16.9 Å². The maximum atomic E-state index is 13.0. The highest BCUT2D eigenvalue weighted by atomic mass is 32.2. The van der Waals surface area contributed by atoms with Crippen LogP contribution in [0.15, 0.2) is 52.7 Å². The second-order valence-electron chi connectivity index (χ2n) is 7.19. The van der Waals surface area contributed by atoms with E-state index < -0.39 is 16.0 Å². The van der Waals surface area contributed by atoms with Crippen molar-refractivity contribution in [1.29, 1.82) is 0 Å². The molecule has 3 N–H and O–H groups in total. The average molecular weight is 474 g/mol. The first-order valence-corrected chi connectivity index (χ1v) is 12.1. The summed E-state index contributed by atoms with van der Waals surface area (Å²) in [5.41, 5.74) is 2.76. The Morgan fingerprint density at radius 1 is 1.09 bits per heavy atom. The minimum absolute atomic E-state index is 0.0431. The standard InChI is InChI=1S/C22H23N3O5S2/c1-14-21(31-22(23-14)24-15(2)26)32(29,30)25-19-12-4-3-9-17(19)10-5-7-16-8-6-11-18(13-16)20(27)28/h3-4,6,8-9,11-13,25H,5,7,10H2,1-2H3,(H,27,28)(H,23,24,26). The number of aromatic carboxylic acids is 1. The van der Waals surface area contributed by atoms with Gasteiger partial charge < -0.3 is 10.4 Å². The number of para-hydroxylation sites is 1. The van der Waals surface area contributed by atoms with Crippen LogP contribution < -0.4 is 10.0 Å². The van der Waals surface area contributed by atoms with Gasteiger partial charge in [-0.3, -0.25) is 9.52 Å². The van der Waals surface area contributed by atoms with E-state index in [4.69, 9.17) is 5.11 Å². The van der Waals surface area contributed by atoms with Gasteiger partial charge in [-0.1, -0.05) is 41.7 Å². The third-order valence-electron chi connectivity index (χ3n) is 4.63. The summed E-state index contributed by atoms with van der Waals surface area (Å²) in [5, 5.41) is 11.9. The highest BCUT2D eigenvalue weighted by molar-refractivity contribution is 7.94. The Bertz CT molecular complexity index is 1250. The lowest BCUT2D eigenvalue weighted by molar-refractivity contribution is -0.114. The van der Waals surface area contributed by atoms with Crippen LogP contribution in [-0.4, -0.2) is 30.4 Å². The Morgan fingerprint density at radius 3 is 2.56 bits per heavy atom. The zero-order valence-electron chi connectivity index (χ0n) is 17.6. The van der Waals surface area contributed by atoms with Gasteiger partial charge in [0.1, 0.15) is 0 Å². The number of hydrogen-bond acceptors (Lipinski definition) is 6. The van der Waals surface area contributed by atoms with Crippen LogP contribution in [-0.2, 0) is 27.7 Å². The quantitative estimate of drug-likeness (QED) is 0.430. The molecule has 0 saturated carbocycles. The normalized spacial score (nSPS) is 11.2. The third kappa shape index (κ3) is 5.92. The van der Waals surface area contributed by atoms with E-state index in [1.807, 2.05) is 18.2 Å². The number of benzene rings is 2. The summed E-state index contributed by atoms with van der Waals surface area (Å²) in [7, 11) is -3.88. The molecule has 0 aliphatic rings. The number of aromatic nitrogens is 1. The van der Waals surface area contributed by atoms with Crippen molar-refractivity contribution < 1.29 is 23.1 Å². The minimum atomic E-state index is -3.88. The molecule has 168 valence electrons. The van der Waals surface area contributed by atoms with E-state index in [0.717, 1.165) is 22.5 Å². The topological polar surface area (TPSA) is 125 Å². The van der Waals surface area contributed by atoms with Gasteiger partial charge in [0.25, 0.3) is 10.0 Å². The van der Waals surface area contributed by atoms with Crippen LogP contribution in [0.5, 0.6) is 0 Å².